The average molecular weight is 997 g/mol. The van der Waals surface area contributed by atoms with Gasteiger partial charge in [0.2, 0.25) is 23.6 Å². The topological polar surface area (TPSA) is 193 Å². The first-order valence-corrected chi connectivity index (χ1v) is 25.1. The van der Waals surface area contributed by atoms with Gasteiger partial charge in [-0.15, -0.1) is 0 Å². The second-order valence-corrected chi connectivity index (χ2v) is 19.3. The zero-order valence-corrected chi connectivity index (χ0v) is 41.4. The molecule has 0 bridgehead atoms. The van der Waals surface area contributed by atoms with Crippen molar-refractivity contribution in [3.63, 3.8) is 0 Å². The first-order valence-electron chi connectivity index (χ1n) is 25.1. The van der Waals surface area contributed by atoms with Crippen LogP contribution in [0.1, 0.15) is 76.0 Å². The number of ether oxygens (including phenoxy) is 4. The molecule has 0 spiro atoms. The predicted octanol–water partition coefficient (Wildman–Crippen LogP) is 3.92. The summed E-state index contributed by atoms with van der Waals surface area (Å²) >= 11 is 0. The molecule has 71 heavy (non-hydrogen) atoms. The third-order valence-electron chi connectivity index (χ3n) is 14.5. The molecule has 3 saturated heterocycles. The second-order valence-electron chi connectivity index (χ2n) is 19.3. The lowest BCUT2D eigenvalue weighted by molar-refractivity contribution is -0.137. The van der Waals surface area contributed by atoms with Gasteiger partial charge in [0.1, 0.15) is 18.2 Å². The Balaban J connectivity index is 0.749. The van der Waals surface area contributed by atoms with Crippen LogP contribution in [0.3, 0.4) is 0 Å². The Morgan fingerprint density at radius 2 is 1.58 bits per heavy atom. The zero-order valence-electron chi connectivity index (χ0n) is 41.4. The molecule has 3 N–H and O–H groups in total. The van der Waals surface area contributed by atoms with Crippen molar-refractivity contribution in [3.8, 4) is 0 Å². The zero-order chi connectivity index (χ0) is 50.5. The minimum absolute atomic E-state index is 0.0106. The Morgan fingerprint density at radius 1 is 0.873 bits per heavy atom. The van der Waals surface area contributed by atoms with E-state index in [1.165, 1.54) is 12.4 Å². The monoisotopic (exact) mass is 997 g/mol. The highest BCUT2D eigenvalue weighted by Gasteiger charge is 2.45. The van der Waals surface area contributed by atoms with Crippen LogP contribution < -0.4 is 16.0 Å². The number of carbonyl (C=O) groups excluding carboxylic acids is 4. The molecule has 21 heteroatoms. The van der Waals surface area contributed by atoms with E-state index in [4.69, 9.17) is 18.9 Å². The van der Waals surface area contributed by atoms with Gasteiger partial charge in [-0.25, -0.2) is 9.97 Å². The van der Waals surface area contributed by atoms with Gasteiger partial charge in [0, 0.05) is 68.9 Å². The summed E-state index contributed by atoms with van der Waals surface area (Å²) in [5.74, 6) is -0.847. The number of hydrogen-bond donors (Lipinski definition) is 3. The van der Waals surface area contributed by atoms with Gasteiger partial charge in [-0.3, -0.25) is 24.2 Å². The first kappa shape index (κ1) is 53.7. The SMILES string of the molecule is CC(C)N(C)[C@@H]1CC[C@H](N2CC[C@H](Nc3ncnc4ccc(C(F)(F)F)cc34)C2=O)[C@H](NC(=O)C2CCN(CCOCCOCCOCCOCCNC(=O)[C@H]3CC(=O)N(C)[C@@H]3c3cccnc3)CC2)C1. The molecule has 0 radical (unpaired) electrons. The molecule has 4 amide bonds. The minimum atomic E-state index is -4.54. The smallest absolute Gasteiger partial charge is 0.378 e. The van der Waals surface area contributed by atoms with Gasteiger partial charge in [-0.05, 0) is 102 Å². The number of halogens is 3. The molecule has 7 rings (SSSR count). The van der Waals surface area contributed by atoms with Crippen molar-refractivity contribution in [1.29, 1.82) is 0 Å². The van der Waals surface area contributed by atoms with Crippen molar-refractivity contribution in [2.45, 2.75) is 101 Å². The van der Waals surface area contributed by atoms with Crippen LogP contribution >= 0.6 is 0 Å². The quantitative estimate of drug-likeness (QED) is 0.109. The number of likely N-dealkylation sites (tertiary alicyclic amines) is 3. The molecule has 1 aromatic carbocycles. The molecule has 4 fully saturated rings. The van der Waals surface area contributed by atoms with E-state index < -0.39 is 23.7 Å². The maximum atomic E-state index is 14.1. The van der Waals surface area contributed by atoms with Crippen LogP contribution in [0.15, 0.2) is 49.1 Å². The number of hydrogen-bond acceptors (Lipinski definition) is 14. The highest BCUT2D eigenvalue weighted by Crippen LogP contribution is 2.37. The normalized spacial score (nSPS) is 23.6. The van der Waals surface area contributed by atoms with Crippen molar-refractivity contribution in [2.24, 2.45) is 11.8 Å². The Kier molecular flexibility index (Phi) is 19.3. The lowest BCUT2D eigenvalue weighted by atomic mass is 9.84. The molecule has 5 heterocycles. The number of amides is 4. The fourth-order valence-corrected chi connectivity index (χ4v) is 10.3. The number of rotatable bonds is 24. The van der Waals surface area contributed by atoms with Crippen LogP contribution in [0.5, 0.6) is 0 Å². The van der Waals surface area contributed by atoms with Crippen LogP contribution in [-0.4, -0.2) is 188 Å². The summed E-state index contributed by atoms with van der Waals surface area (Å²) in [6, 6.07) is 6.04. The van der Waals surface area contributed by atoms with Crippen LogP contribution in [0.2, 0.25) is 0 Å². The number of aromatic nitrogens is 3. The fraction of sp³-hybridized carbons (Fsp3) is 0.660. The van der Waals surface area contributed by atoms with Crippen molar-refractivity contribution >= 4 is 40.3 Å². The van der Waals surface area contributed by atoms with Crippen LogP contribution in [0.25, 0.3) is 10.9 Å². The Morgan fingerprint density at radius 3 is 2.25 bits per heavy atom. The van der Waals surface area contributed by atoms with Crippen LogP contribution in [0.4, 0.5) is 19.0 Å². The number of benzene rings is 1. The summed E-state index contributed by atoms with van der Waals surface area (Å²) < 4.78 is 63.4. The summed E-state index contributed by atoms with van der Waals surface area (Å²) in [4.78, 5) is 73.8. The Hall–Kier alpha value is -5.06. The molecular weight excluding hydrogens is 926 g/mol. The average Bonchev–Trinajstić information content (AvgIpc) is 3.88. The molecule has 0 unspecified atom stereocenters. The summed E-state index contributed by atoms with van der Waals surface area (Å²) in [5.41, 5.74) is 0.363. The maximum absolute atomic E-state index is 14.1. The van der Waals surface area contributed by atoms with E-state index in [1.807, 2.05) is 11.0 Å². The minimum Gasteiger partial charge on any atom is -0.378 e. The van der Waals surface area contributed by atoms with Gasteiger partial charge in [-0.1, -0.05) is 6.07 Å². The van der Waals surface area contributed by atoms with Gasteiger partial charge in [0.25, 0.3) is 0 Å². The molecule has 2 aromatic heterocycles. The lowest BCUT2D eigenvalue weighted by Crippen LogP contribution is -2.59. The Bertz CT molecular complexity index is 2220. The van der Waals surface area contributed by atoms with Gasteiger partial charge < -0.3 is 54.5 Å². The predicted molar refractivity (Wildman–Crippen MR) is 258 cm³/mol. The number of nitrogens with one attached hydrogen (secondary N) is 3. The highest BCUT2D eigenvalue weighted by molar-refractivity contribution is 5.93. The van der Waals surface area contributed by atoms with Gasteiger partial charge in [0.15, 0.2) is 0 Å². The van der Waals surface area contributed by atoms with E-state index in [2.05, 4.69) is 61.6 Å². The third kappa shape index (κ3) is 14.3. The van der Waals surface area contributed by atoms with Crippen molar-refractivity contribution in [3.05, 3.63) is 60.2 Å². The number of nitrogens with zero attached hydrogens (tertiary/aromatic N) is 7. The molecular formula is C50H71F3N10O8. The highest BCUT2D eigenvalue weighted by atomic mass is 19.4. The fourth-order valence-electron chi connectivity index (χ4n) is 10.3. The van der Waals surface area contributed by atoms with E-state index in [0.717, 1.165) is 63.0 Å². The third-order valence-corrected chi connectivity index (χ3v) is 14.5. The first-order chi connectivity index (χ1) is 34.2. The van der Waals surface area contributed by atoms with Gasteiger partial charge >= 0.3 is 6.18 Å². The van der Waals surface area contributed by atoms with E-state index in [0.29, 0.717) is 90.3 Å². The molecule has 3 aliphatic heterocycles. The number of carbonyl (C=O) groups is 4. The van der Waals surface area contributed by atoms with E-state index >= 15 is 0 Å². The molecule has 3 aromatic rings. The van der Waals surface area contributed by atoms with E-state index in [9.17, 15) is 32.3 Å². The number of fused-ring (bicyclic) bond motifs is 1. The molecule has 1 saturated carbocycles. The summed E-state index contributed by atoms with van der Waals surface area (Å²) in [7, 11) is 3.81. The molecule has 6 atom stereocenters. The van der Waals surface area contributed by atoms with Crippen LogP contribution in [0, 0.1) is 11.8 Å². The molecule has 4 aliphatic rings. The number of anilines is 1. The van der Waals surface area contributed by atoms with Crippen molar-refractivity contribution in [1.82, 2.24) is 45.2 Å². The summed E-state index contributed by atoms with van der Waals surface area (Å²) in [6.07, 6.45) is 4.43. The summed E-state index contributed by atoms with van der Waals surface area (Å²) in [6.45, 7) is 10.7. The Labute approximate surface area is 414 Å². The van der Waals surface area contributed by atoms with E-state index in [-0.39, 0.29) is 71.3 Å². The number of pyridine rings is 1. The van der Waals surface area contributed by atoms with E-state index in [1.54, 1.807) is 30.4 Å². The molecule has 18 nitrogen and oxygen atoms in total. The largest absolute Gasteiger partial charge is 0.416 e. The van der Waals surface area contributed by atoms with Crippen molar-refractivity contribution < 1.29 is 51.3 Å². The summed E-state index contributed by atoms with van der Waals surface area (Å²) in [5, 5.41) is 9.62. The second kappa shape index (κ2) is 25.5. The maximum Gasteiger partial charge on any atom is 0.416 e. The number of alkyl halides is 3. The van der Waals surface area contributed by atoms with Gasteiger partial charge in [0.05, 0.1) is 88.0 Å². The van der Waals surface area contributed by atoms with Crippen LogP contribution in [-0.2, 0) is 44.3 Å². The molecule has 1 aliphatic carbocycles. The standard InChI is InChI=1S/C50H71F3N10O8/c1-33(2)60(3)37-8-10-43(63-18-13-41(49(63)67)58-46-38-28-36(50(51,52)53)7-9-40(38)56-32-57-46)42(29-37)59-47(65)34-11-16-62(17-12-34)19-21-69-23-25-71-27-26-70-24-22-68-20-15-55-48(66)39-30-44(64)61(4)45(39)35-6-5-14-54-31-35/h5-7,9,14,28,31-34,37,39,41-43,45H,8,10-13,15-27,29-30H2,1-4H3,(H,55,66)(H,59,65)(H,56,57,58)/t37-,39+,41+,42-,43+,45-/m1/s1. The number of piperidine rings is 1. The molecule has 390 valence electrons. The van der Waals surface area contributed by atoms with Crippen molar-refractivity contribution in [2.75, 3.05) is 105 Å². The van der Waals surface area contributed by atoms with Gasteiger partial charge in [-0.2, -0.15) is 13.2 Å². The lowest BCUT2D eigenvalue weighted by Gasteiger charge is -2.45.